The summed E-state index contributed by atoms with van der Waals surface area (Å²) in [7, 11) is 1.67. The minimum Gasteiger partial charge on any atom is -0.480 e. The molecule has 0 bridgehead atoms. The number of carboxylic acid groups (broad SMARTS) is 1. The van der Waals surface area contributed by atoms with Gasteiger partial charge in [0.25, 0.3) is 0 Å². The molecule has 0 aromatic rings. The number of unbranched alkanes of at least 4 members (excludes halogenated alkanes) is 1. The Morgan fingerprint density at radius 2 is 1.93 bits per heavy atom. The molecule has 0 saturated carbocycles. The number of ether oxygens (including phenoxy) is 1. The molecule has 2 N–H and O–H groups in total. The van der Waals surface area contributed by atoms with Gasteiger partial charge < -0.3 is 15.2 Å². The van der Waals surface area contributed by atoms with E-state index in [1.54, 1.807) is 7.11 Å². The van der Waals surface area contributed by atoms with E-state index >= 15 is 0 Å². The average Bonchev–Trinajstić information content (AvgIpc) is 2.23. The van der Waals surface area contributed by atoms with Gasteiger partial charge >= 0.3 is 5.97 Å². The molecule has 0 aromatic carbocycles. The van der Waals surface area contributed by atoms with Crippen molar-refractivity contribution in [1.29, 1.82) is 0 Å². The van der Waals surface area contributed by atoms with E-state index in [4.69, 9.17) is 9.84 Å². The molecular weight excluding hydrogens is 194 g/mol. The molecule has 0 saturated heterocycles. The van der Waals surface area contributed by atoms with Crippen molar-refractivity contribution < 1.29 is 14.6 Å². The standard InChI is InChI=1S/C11H23NO3/c1-4-11(5-2,10(13)14)12-8-6-7-9-15-3/h12H,4-9H2,1-3H3,(H,13,14). The Hall–Kier alpha value is -0.610. The highest BCUT2D eigenvalue weighted by atomic mass is 16.5. The first kappa shape index (κ1) is 14.4. The highest BCUT2D eigenvalue weighted by Gasteiger charge is 2.33. The van der Waals surface area contributed by atoms with Gasteiger partial charge in [0.1, 0.15) is 5.54 Å². The minimum atomic E-state index is -0.751. The van der Waals surface area contributed by atoms with Crippen LogP contribution < -0.4 is 5.32 Å². The number of hydrogen-bond donors (Lipinski definition) is 2. The number of rotatable bonds is 9. The summed E-state index contributed by atoms with van der Waals surface area (Å²) in [6, 6.07) is 0. The smallest absolute Gasteiger partial charge is 0.323 e. The van der Waals surface area contributed by atoms with E-state index < -0.39 is 11.5 Å². The summed E-state index contributed by atoms with van der Waals surface area (Å²) in [6.07, 6.45) is 3.14. The maximum Gasteiger partial charge on any atom is 0.323 e. The van der Waals surface area contributed by atoms with Crippen LogP contribution in [0.2, 0.25) is 0 Å². The van der Waals surface area contributed by atoms with Crippen LogP contribution in [0.4, 0.5) is 0 Å². The van der Waals surface area contributed by atoms with E-state index in [1.165, 1.54) is 0 Å². The van der Waals surface area contributed by atoms with Crippen molar-refractivity contribution in [2.24, 2.45) is 0 Å². The Kier molecular flexibility index (Phi) is 7.34. The summed E-state index contributed by atoms with van der Waals surface area (Å²) in [5.41, 5.74) is -0.743. The Balaban J connectivity index is 3.91. The summed E-state index contributed by atoms with van der Waals surface area (Å²) in [5.74, 6) is -0.751. The van der Waals surface area contributed by atoms with E-state index in [9.17, 15) is 4.79 Å². The summed E-state index contributed by atoms with van der Waals surface area (Å²) >= 11 is 0. The van der Waals surface area contributed by atoms with Crippen molar-refractivity contribution in [3.63, 3.8) is 0 Å². The summed E-state index contributed by atoms with van der Waals surface area (Å²) in [5, 5.41) is 12.3. The van der Waals surface area contributed by atoms with Gasteiger partial charge in [-0.2, -0.15) is 0 Å². The third-order valence-electron chi connectivity index (χ3n) is 2.86. The minimum absolute atomic E-state index is 0.614. The average molecular weight is 217 g/mol. The zero-order valence-electron chi connectivity index (χ0n) is 10.0. The van der Waals surface area contributed by atoms with Gasteiger partial charge in [-0.15, -0.1) is 0 Å². The lowest BCUT2D eigenvalue weighted by Crippen LogP contribution is -2.51. The number of carbonyl (C=O) groups is 1. The van der Waals surface area contributed by atoms with E-state index in [1.807, 2.05) is 13.8 Å². The van der Waals surface area contributed by atoms with Gasteiger partial charge in [0.2, 0.25) is 0 Å². The van der Waals surface area contributed by atoms with Crippen LogP contribution in [0, 0.1) is 0 Å². The van der Waals surface area contributed by atoms with Crippen molar-refractivity contribution >= 4 is 5.97 Å². The van der Waals surface area contributed by atoms with Crippen molar-refractivity contribution in [3.05, 3.63) is 0 Å². The number of aliphatic carboxylic acids is 1. The number of nitrogens with one attached hydrogen (secondary N) is 1. The van der Waals surface area contributed by atoms with Crippen LogP contribution in [0.3, 0.4) is 0 Å². The van der Waals surface area contributed by atoms with Gasteiger partial charge in [0, 0.05) is 13.7 Å². The molecule has 0 atom stereocenters. The number of methoxy groups -OCH3 is 1. The summed E-state index contributed by atoms with van der Waals surface area (Å²) < 4.78 is 4.93. The molecule has 4 heteroatoms. The Labute approximate surface area is 92.0 Å². The molecule has 0 heterocycles. The first-order valence-corrected chi connectivity index (χ1v) is 5.60. The number of hydrogen-bond acceptors (Lipinski definition) is 3. The maximum absolute atomic E-state index is 11.1. The fraction of sp³-hybridized carbons (Fsp3) is 0.909. The summed E-state index contributed by atoms with van der Waals surface area (Å²) in [6.45, 7) is 5.27. The molecular formula is C11H23NO3. The molecule has 0 spiro atoms. The van der Waals surface area contributed by atoms with Crippen LogP contribution in [0.5, 0.6) is 0 Å². The van der Waals surface area contributed by atoms with Gasteiger partial charge in [0.15, 0.2) is 0 Å². The quantitative estimate of drug-likeness (QED) is 0.576. The monoisotopic (exact) mass is 217 g/mol. The Bertz CT molecular complexity index is 179. The molecule has 90 valence electrons. The molecule has 0 unspecified atom stereocenters. The lowest BCUT2D eigenvalue weighted by molar-refractivity contribution is -0.145. The predicted molar refractivity (Wildman–Crippen MR) is 60.1 cm³/mol. The van der Waals surface area contributed by atoms with Gasteiger partial charge in [0.05, 0.1) is 0 Å². The number of carboxylic acids is 1. The maximum atomic E-state index is 11.1. The highest BCUT2D eigenvalue weighted by Crippen LogP contribution is 2.15. The molecule has 0 rings (SSSR count). The SMILES string of the molecule is CCC(CC)(NCCCCOC)C(=O)O. The predicted octanol–water partition coefficient (Wildman–Crippen LogP) is 1.65. The zero-order valence-corrected chi connectivity index (χ0v) is 10.0. The molecule has 0 radical (unpaired) electrons. The molecule has 0 fully saturated rings. The lowest BCUT2D eigenvalue weighted by atomic mass is 9.93. The van der Waals surface area contributed by atoms with Crippen LogP contribution in [-0.2, 0) is 9.53 Å². The fourth-order valence-corrected chi connectivity index (χ4v) is 1.58. The second kappa shape index (κ2) is 7.65. The molecule has 0 aliphatic heterocycles. The van der Waals surface area contributed by atoms with E-state index in [0.717, 1.165) is 26.0 Å². The van der Waals surface area contributed by atoms with Gasteiger partial charge in [-0.1, -0.05) is 13.8 Å². The van der Waals surface area contributed by atoms with Crippen molar-refractivity contribution in [2.75, 3.05) is 20.3 Å². The van der Waals surface area contributed by atoms with Crippen molar-refractivity contribution in [1.82, 2.24) is 5.32 Å². The van der Waals surface area contributed by atoms with Crippen LogP contribution in [0.15, 0.2) is 0 Å². The fourth-order valence-electron chi connectivity index (χ4n) is 1.58. The third kappa shape index (κ3) is 4.62. The topological polar surface area (TPSA) is 58.6 Å². The van der Waals surface area contributed by atoms with Gasteiger partial charge in [-0.3, -0.25) is 4.79 Å². The second-order valence-electron chi connectivity index (χ2n) is 3.72. The highest BCUT2D eigenvalue weighted by molar-refractivity contribution is 5.78. The largest absolute Gasteiger partial charge is 0.480 e. The Morgan fingerprint density at radius 3 is 2.33 bits per heavy atom. The van der Waals surface area contributed by atoms with Crippen LogP contribution in [0.25, 0.3) is 0 Å². The van der Waals surface area contributed by atoms with Gasteiger partial charge in [-0.25, -0.2) is 0 Å². The van der Waals surface area contributed by atoms with Crippen molar-refractivity contribution in [2.45, 2.75) is 45.1 Å². The van der Waals surface area contributed by atoms with Crippen LogP contribution in [-0.4, -0.2) is 36.9 Å². The second-order valence-corrected chi connectivity index (χ2v) is 3.72. The molecule has 0 aliphatic carbocycles. The first-order chi connectivity index (χ1) is 7.13. The van der Waals surface area contributed by atoms with E-state index in [0.29, 0.717) is 12.8 Å². The molecule has 0 aromatic heterocycles. The van der Waals surface area contributed by atoms with Gasteiger partial charge in [-0.05, 0) is 32.2 Å². The van der Waals surface area contributed by atoms with E-state index in [2.05, 4.69) is 5.32 Å². The van der Waals surface area contributed by atoms with Crippen LogP contribution in [0.1, 0.15) is 39.5 Å². The molecule has 0 amide bonds. The Morgan fingerprint density at radius 1 is 1.33 bits per heavy atom. The lowest BCUT2D eigenvalue weighted by Gasteiger charge is -2.28. The van der Waals surface area contributed by atoms with Crippen molar-refractivity contribution in [3.8, 4) is 0 Å². The van der Waals surface area contributed by atoms with Crippen LogP contribution >= 0.6 is 0 Å². The zero-order chi connectivity index (χ0) is 11.7. The molecule has 0 aliphatic rings. The van der Waals surface area contributed by atoms with E-state index in [-0.39, 0.29) is 0 Å². The summed E-state index contributed by atoms with van der Waals surface area (Å²) in [4.78, 5) is 11.1. The third-order valence-corrected chi connectivity index (χ3v) is 2.86. The molecule has 4 nitrogen and oxygen atoms in total. The normalized spacial score (nSPS) is 11.7. The first-order valence-electron chi connectivity index (χ1n) is 5.60. The molecule has 15 heavy (non-hydrogen) atoms.